The number of H-pyrrole nitrogens is 2. The van der Waals surface area contributed by atoms with Crippen molar-refractivity contribution in [3.05, 3.63) is 46.4 Å². The quantitative estimate of drug-likeness (QED) is 0.676. The summed E-state index contributed by atoms with van der Waals surface area (Å²) >= 11 is 0. The van der Waals surface area contributed by atoms with E-state index in [0.29, 0.717) is 23.2 Å². The molecule has 5 rings (SSSR count). The molecular weight excluding hydrogens is 328 g/mol. The molecule has 1 saturated heterocycles. The van der Waals surface area contributed by atoms with Gasteiger partial charge in [0.2, 0.25) is 0 Å². The fraction of sp³-hybridized carbons (Fsp3) is 0.400. The van der Waals surface area contributed by atoms with Crippen LogP contribution in [-0.2, 0) is 0 Å². The molecule has 0 radical (unpaired) electrons. The largest absolute Gasteiger partial charge is 0.357 e. The van der Waals surface area contributed by atoms with E-state index in [1.54, 1.807) is 6.20 Å². The van der Waals surface area contributed by atoms with Crippen molar-refractivity contribution in [3.8, 4) is 0 Å². The van der Waals surface area contributed by atoms with Crippen LogP contribution in [0.1, 0.15) is 36.0 Å². The molecule has 2 fully saturated rings. The highest BCUT2D eigenvalue weighted by Crippen LogP contribution is 2.30. The Morgan fingerprint density at radius 2 is 2.04 bits per heavy atom. The zero-order valence-corrected chi connectivity index (χ0v) is 14.5. The van der Waals surface area contributed by atoms with Crippen LogP contribution in [0, 0.1) is 0 Å². The van der Waals surface area contributed by atoms with Gasteiger partial charge in [0.1, 0.15) is 5.52 Å². The van der Waals surface area contributed by atoms with E-state index in [1.165, 1.54) is 6.42 Å². The molecule has 6 heteroatoms. The van der Waals surface area contributed by atoms with Crippen LogP contribution >= 0.6 is 0 Å². The number of amides is 1. The summed E-state index contributed by atoms with van der Waals surface area (Å²) in [7, 11) is 0. The number of pyridine rings is 1. The first-order chi connectivity index (χ1) is 12.7. The Morgan fingerprint density at radius 3 is 2.81 bits per heavy atom. The van der Waals surface area contributed by atoms with Crippen LogP contribution in [0.15, 0.2) is 35.3 Å². The normalized spacial score (nSPS) is 20.1. The second-order valence-corrected chi connectivity index (χ2v) is 7.46. The van der Waals surface area contributed by atoms with Crippen molar-refractivity contribution in [3.63, 3.8) is 0 Å². The molecule has 0 spiro atoms. The molecule has 1 aliphatic carbocycles. The van der Waals surface area contributed by atoms with Gasteiger partial charge < -0.3 is 20.2 Å². The van der Waals surface area contributed by atoms with Crippen LogP contribution in [0.4, 0.5) is 0 Å². The van der Waals surface area contributed by atoms with Crippen molar-refractivity contribution in [2.45, 2.75) is 37.8 Å². The minimum Gasteiger partial charge on any atom is -0.357 e. The average Bonchev–Trinajstić information content (AvgIpc) is 3.14. The predicted octanol–water partition coefficient (Wildman–Crippen LogP) is 2.37. The minimum atomic E-state index is -0.136. The predicted molar refractivity (Wildman–Crippen MR) is 102 cm³/mol. The van der Waals surface area contributed by atoms with E-state index in [2.05, 4.69) is 15.3 Å². The Morgan fingerprint density at radius 1 is 1.15 bits per heavy atom. The van der Waals surface area contributed by atoms with Crippen LogP contribution in [0.3, 0.4) is 0 Å². The Hall–Kier alpha value is -2.60. The van der Waals surface area contributed by atoms with E-state index in [9.17, 15) is 9.59 Å². The summed E-state index contributed by atoms with van der Waals surface area (Å²) in [6.45, 7) is 1.83. The van der Waals surface area contributed by atoms with E-state index in [-0.39, 0.29) is 11.5 Å². The Balaban J connectivity index is 1.53. The highest BCUT2D eigenvalue weighted by Gasteiger charge is 2.35. The lowest BCUT2D eigenvalue weighted by atomic mass is 10.1. The van der Waals surface area contributed by atoms with Gasteiger partial charge in [0.15, 0.2) is 0 Å². The van der Waals surface area contributed by atoms with Crippen LogP contribution in [0.5, 0.6) is 0 Å². The van der Waals surface area contributed by atoms with Gasteiger partial charge >= 0.3 is 0 Å². The monoisotopic (exact) mass is 350 g/mol. The number of hydrogen-bond acceptors (Lipinski definition) is 3. The summed E-state index contributed by atoms with van der Waals surface area (Å²) in [5.74, 6) is 0.0954. The molecule has 1 aromatic carbocycles. The number of nitrogens with one attached hydrogen (secondary N) is 3. The number of fused-ring (bicyclic) bond motifs is 3. The molecule has 2 aromatic heterocycles. The van der Waals surface area contributed by atoms with E-state index in [1.807, 2.05) is 29.2 Å². The minimum absolute atomic E-state index is 0.0954. The highest BCUT2D eigenvalue weighted by atomic mass is 16.2. The summed E-state index contributed by atoms with van der Waals surface area (Å²) < 4.78 is 0. The highest BCUT2D eigenvalue weighted by molar-refractivity contribution is 6.07. The van der Waals surface area contributed by atoms with E-state index < -0.39 is 0 Å². The molecule has 2 aliphatic rings. The van der Waals surface area contributed by atoms with Gasteiger partial charge in [-0.15, -0.1) is 0 Å². The first-order valence-corrected chi connectivity index (χ1v) is 9.38. The van der Waals surface area contributed by atoms with Crippen molar-refractivity contribution in [2.75, 3.05) is 13.1 Å². The van der Waals surface area contributed by atoms with Crippen molar-refractivity contribution >= 4 is 27.7 Å². The number of carbonyl (C=O) groups excluding carboxylic acids is 1. The SMILES string of the molecule is O=C(c1ccc2[nH]c(=O)c3[nH]ccc3c2c1)N(C[C@@H]1CCCN1)C1CC1. The second-order valence-electron chi connectivity index (χ2n) is 7.46. The molecule has 134 valence electrons. The van der Waals surface area contributed by atoms with Gasteiger partial charge in [-0.25, -0.2) is 0 Å². The molecule has 26 heavy (non-hydrogen) atoms. The molecule has 6 nitrogen and oxygen atoms in total. The van der Waals surface area contributed by atoms with E-state index in [4.69, 9.17) is 0 Å². The molecule has 1 amide bonds. The van der Waals surface area contributed by atoms with Gasteiger partial charge in [0.05, 0.1) is 0 Å². The van der Waals surface area contributed by atoms with Crippen molar-refractivity contribution in [2.24, 2.45) is 0 Å². The third-order valence-electron chi connectivity index (χ3n) is 5.61. The molecule has 1 aliphatic heterocycles. The van der Waals surface area contributed by atoms with Gasteiger partial charge in [-0.05, 0) is 56.5 Å². The number of hydrogen-bond donors (Lipinski definition) is 3. The van der Waals surface area contributed by atoms with E-state index >= 15 is 0 Å². The lowest BCUT2D eigenvalue weighted by molar-refractivity contribution is 0.0729. The molecule has 3 N–H and O–H groups in total. The fourth-order valence-electron chi connectivity index (χ4n) is 4.08. The third-order valence-corrected chi connectivity index (χ3v) is 5.61. The molecule has 0 bridgehead atoms. The van der Waals surface area contributed by atoms with Crippen LogP contribution in [0.25, 0.3) is 21.8 Å². The van der Waals surface area contributed by atoms with Crippen molar-refractivity contribution < 1.29 is 4.79 Å². The Labute approximate surface area is 150 Å². The molecule has 1 saturated carbocycles. The van der Waals surface area contributed by atoms with Crippen molar-refractivity contribution in [1.82, 2.24) is 20.2 Å². The maximum absolute atomic E-state index is 13.2. The average molecular weight is 350 g/mol. The smallest absolute Gasteiger partial charge is 0.272 e. The summed E-state index contributed by atoms with van der Waals surface area (Å²) in [6, 6.07) is 8.27. The van der Waals surface area contributed by atoms with E-state index in [0.717, 1.165) is 48.6 Å². The summed E-state index contributed by atoms with van der Waals surface area (Å²) in [5.41, 5.74) is 1.87. The molecule has 3 heterocycles. The number of aromatic amines is 2. The van der Waals surface area contributed by atoms with Gasteiger partial charge in [-0.3, -0.25) is 9.59 Å². The molecular formula is C20H22N4O2. The molecule has 0 unspecified atom stereocenters. The van der Waals surface area contributed by atoms with Crippen LogP contribution < -0.4 is 10.9 Å². The van der Waals surface area contributed by atoms with Crippen LogP contribution in [-0.4, -0.2) is 45.9 Å². The second kappa shape index (κ2) is 5.99. The summed E-state index contributed by atoms with van der Waals surface area (Å²) in [4.78, 5) is 33.2. The lowest BCUT2D eigenvalue weighted by Gasteiger charge is -2.26. The lowest BCUT2D eigenvalue weighted by Crippen LogP contribution is -2.42. The van der Waals surface area contributed by atoms with Gasteiger partial charge in [0, 0.05) is 46.7 Å². The number of aromatic nitrogens is 2. The Kier molecular flexibility index (Phi) is 3.60. The zero-order valence-electron chi connectivity index (χ0n) is 14.5. The first kappa shape index (κ1) is 15.6. The summed E-state index contributed by atoms with van der Waals surface area (Å²) in [5, 5.41) is 5.25. The van der Waals surface area contributed by atoms with Gasteiger partial charge in [-0.2, -0.15) is 0 Å². The molecule has 1 atom stereocenters. The number of rotatable bonds is 4. The standard InChI is InChI=1S/C20H22N4O2/c25-19-18-15(7-9-22-18)16-10-12(3-6-17(16)23-19)20(26)24(14-4-5-14)11-13-2-1-8-21-13/h3,6-7,9-10,13-14,21-22H,1-2,4-5,8,11H2,(H,23,25)/t13-/m0/s1. The third kappa shape index (κ3) is 2.61. The number of nitrogens with zero attached hydrogens (tertiary/aromatic N) is 1. The van der Waals surface area contributed by atoms with Crippen LogP contribution in [0.2, 0.25) is 0 Å². The molecule has 3 aromatic rings. The Bertz CT molecular complexity index is 1040. The maximum atomic E-state index is 13.2. The maximum Gasteiger partial charge on any atom is 0.272 e. The number of benzene rings is 1. The first-order valence-electron chi connectivity index (χ1n) is 9.38. The number of carbonyl (C=O) groups is 1. The van der Waals surface area contributed by atoms with Crippen molar-refractivity contribution in [1.29, 1.82) is 0 Å². The van der Waals surface area contributed by atoms with Gasteiger partial charge in [0.25, 0.3) is 11.5 Å². The topological polar surface area (TPSA) is 81.0 Å². The zero-order chi connectivity index (χ0) is 17.7. The van der Waals surface area contributed by atoms with Gasteiger partial charge in [-0.1, -0.05) is 0 Å². The fourth-order valence-corrected chi connectivity index (χ4v) is 4.08. The summed E-state index contributed by atoms with van der Waals surface area (Å²) in [6.07, 6.45) is 6.28.